The summed E-state index contributed by atoms with van der Waals surface area (Å²) < 4.78 is 10.6. The fourth-order valence-electron chi connectivity index (χ4n) is 2.71. The molecule has 1 saturated heterocycles. The first-order valence-corrected chi connectivity index (χ1v) is 10.7. The quantitative estimate of drug-likeness (QED) is 0.445. The highest BCUT2D eigenvalue weighted by molar-refractivity contribution is 8.26. The fraction of sp³-hybridized carbons (Fsp3) is 0.143. The van der Waals surface area contributed by atoms with Crippen molar-refractivity contribution in [1.82, 2.24) is 10.4 Å². The maximum absolute atomic E-state index is 12.8. The highest BCUT2D eigenvalue weighted by Crippen LogP contribution is 2.34. The van der Waals surface area contributed by atoms with E-state index in [9.17, 15) is 14.4 Å². The summed E-state index contributed by atoms with van der Waals surface area (Å²) in [5, 5.41) is 10.0. The van der Waals surface area contributed by atoms with Crippen LogP contribution in [0.1, 0.15) is 21.5 Å². The summed E-state index contributed by atoms with van der Waals surface area (Å²) in [5.74, 6) is -1.62. The largest absolute Gasteiger partial charge is 0.493 e. The zero-order valence-corrected chi connectivity index (χ0v) is 19.3. The average Bonchev–Trinajstić information content (AvgIpc) is 2.99. The Labute approximate surface area is 198 Å². The molecule has 11 heteroatoms. The number of aliphatic carboxylic acids is 1. The van der Waals surface area contributed by atoms with Crippen molar-refractivity contribution in [2.24, 2.45) is 0 Å². The van der Waals surface area contributed by atoms with E-state index < -0.39 is 24.4 Å². The number of rotatable bonds is 7. The fourth-order valence-corrected chi connectivity index (χ4v) is 4.21. The number of hydrazine groups is 1. The molecule has 2 aromatic rings. The van der Waals surface area contributed by atoms with Crippen molar-refractivity contribution in [2.75, 3.05) is 13.7 Å². The van der Waals surface area contributed by atoms with Crippen LogP contribution in [0.25, 0.3) is 6.08 Å². The predicted octanol–water partition coefficient (Wildman–Crippen LogP) is 3.67. The van der Waals surface area contributed by atoms with Crippen LogP contribution >= 0.6 is 35.6 Å². The molecule has 2 aromatic carbocycles. The first-order valence-electron chi connectivity index (χ1n) is 9.07. The number of carboxylic acids is 1. The van der Waals surface area contributed by atoms with Gasteiger partial charge in [-0.05, 0) is 60.6 Å². The van der Waals surface area contributed by atoms with Crippen molar-refractivity contribution in [2.45, 2.75) is 6.92 Å². The van der Waals surface area contributed by atoms with Crippen LogP contribution in [0, 0.1) is 6.92 Å². The van der Waals surface area contributed by atoms with Crippen LogP contribution < -0.4 is 14.9 Å². The molecule has 3 rings (SSSR count). The Morgan fingerprint density at radius 3 is 2.66 bits per heavy atom. The molecule has 0 saturated carbocycles. The lowest BCUT2D eigenvalue weighted by Crippen LogP contribution is -2.44. The molecular weight excluding hydrogens is 476 g/mol. The average molecular weight is 493 g/mol. The second-order valence-corrected chi connectivity index (χ2v) is 8.62. The van der Waals surface area contributed by atoms with Crippen molar-refractivity contribution >= 4 is 63.8 Å². The first kappa shape index (κ1) is 23.6. The third-order valence-electron chi connectivity index (χ3n) is 4.21. The van der Waals surface area contributed by atoms with E-state index in [-0.39, 0.29) is 25.6 Å². The summed E-state index contributed by atoms with van der Waals surface area (Å²) >= 11 is 12.4. The number of nitrogens with zero attached hydrogens (tertiary/aromatic N) is 1. The lowest BCUT2D eigenvalue weighted by atomic mass is 10.1. The van der Waals surface area contributed by atoms with Crippen LogP contribution in [-0.2, 0) is 9.59 Å². The second-order valence-electron chi connectivity index (χ2n) is 6.53. The van der Waals surface area contributed by atoms with E-state index in [4.69, 9.17) is 38.4 Å². The van der Waals surface area contributed by atoms with Gasteiger partial charge in [-0.2, -0.15) is 5.01 Å². The number of hydrogen-bond acceptors (Lipinski definition) is 7. The molecule has 32 heavy (non-hydrogen) atoms. The SMILES string of the molecule is COc1cc(/C=C2/SC(=S)N(NC(=O)c3ccc(C)cc3Cl)C2=O)ccc1OCC(=O)O. The van der Waals surface area contributed by atoms with Gasteiger partial charge in [-0.1, -0.05) is 35.5 Å². The number of benzene rings is 2. The molecule has 0 aromatic heterocycles. The van der Waals surface area contributed by atoms with E-state index in [0.29, 0.717) is 11.3 Å². The summed E-state index contributed by atoms with van der Waals surface area (Å²) in [6.07, 6.45) is 1.58. The van der Waals surface area contributed by atoms with E-state index in [2.05, 4.69) is 5.43 Å². The summed E-state index contributed by atoms with van der Waals surface area (Å²) in [5.41, 5.74) is 4.20. The first-order chi connectivity index (χ1) is 15.2. The van der Waals surface area contributed by atoms with Crippen molar-refractivity contribution in [1.29, 1.82) is 0 Å². The molecule has 2 N–H and O–H groups in total. The van der Waals surface area contributed by atoms with Crippen LogP contribution in [0.2, 0.25) is 5.02 Å². The highest BCUT2D eigenvalue weighted by atomic mass is 35.5. The Kier molecular flexibility index (Phi) is 7.39. The highest BCUT2D eigenvalue weighted by Gasteiger charge is 2.34. The van der Waals surface area contributed by atoms with Gasteiger partial charge in [-0.25, -0.2) is 4.79 Å². The Hall–Kier alpha value is -3.08. The number of thiocarbonyl (C=S) groups is 1. The molecule has 1 fully saturated rings. The maximum atomic E-state index is 12.8. The molecule has 2 amide bonds. The van der Waals surface area contributed by atoms with E-state index in [0.717, 1.165) is 22.3 Å². The van der Waals surface area contributed by atoms with Gasteiger partial charge >= 0.3 is 5.97 Å². The standard InChI is InChI=1S/C21H17ClN2O6S2/c1-11-3-5-13(14(22)7-11)19(27)23-24-20(28)17(32-21(24)31)9-12-4-6-15(16(8-12)29-2)30-10-18(25)26/h3-9H,10H2,1-2H3,(H,23,27)(H,25,26)/b17-9+. The lowest BCUT2D eigenvalue weighted by molar-refractivity contribution is -0.139. The van der Waals surface area contributed by atoms with E-state index in [1.807, 2.05) is 6.92 Å². The number of thioether (sulfide) groups is 1. The van der Waals surface area contributed by atoms with Crippen LogP contribution in [0.5, 0.6) is 11.5 Å². The van der Waals surface area contributed by atoms with Gasteiger partial charge in [0, 0.05) is 0 Å². The van der Waals surface area contributed by atoms with E-state index >= 15 is 0 Å². The van der Waals surface area contributed by atoms with Gasteiger partial charge in [-0.15, -0.1) is 0 Å². The molecule has 1 aliphatic heterocycles. The molecule has 0 bridgehead atoms. The van der Waals surface area contributed by atoms with Gasteiger partial charge in [0.15, 0.2) is 22.4 Å². The Balaban J connectivity index is 1.77. The minimum absolute atomic E-state index is 0.159. The van der Waals surface area contributed by atoms with Gasteiger partial charge in [-0.3, -0.25) is 15.0 Å². The maximum Gasteiger partial charge on any atom is 0.341 e. The van der Waals surface area contributed by atoms with Gasteiger partial charge in [0.25, 0.3) is 11.8 Å². The number of halogens is 1. The number of aryl methyl sites for hydroxylation is 1. The van der Waals surface area contributed by atoms with Crippen molar-refractivity contribution in [3.8, 4) is 11.5 Å². The Bertz CT molecular complexity index is 1150. The smallest absolute Gasteiger partial charge is 0.341 e. The van der Waals surface area contributed by atoms with Crippen molar-refractivity contribution in [3.63, 3.8) is 0 Å². The minimum atomic E-state index is -1.12. The topological polar surface area (TPSA) is 105 Å². The van der Waals surface area contributed by atoms with Crippen molar-refractivity contribution in [3.05, 3.63) is 63.0 Å². The number of methoxy groups -OCH3 is 1. The van der Waals surface area contributed by atoms with Gasteiger partial charge in [0.2, 0.25) is 0 Å². The van der Waals surface area contributed by atoms with Crippen molar-refractivity contribution < 1.29 is 29.0 Å². The third-order valence-corrected chi connectivity index (χ3v) is 5.83. The van der Waals surface area contributed by atoms with Gasteiger partial charge in [0.05, 0.1) is 22.6 Å². The van der Waals surface area contributed by atoms with E-state index in [1.54, 1.807) is 36.4 Å². The zero-order chi connectivity index (χ0) is 23.4. The summed E-state index contributed by atoms with van der Waals surface area (Å²) in [4.78, 5) is 36.4. The summed E-state index contributed by atoms with van der Waals surface area (Å²) in [6.45, 7) is 1.33. The number of hydrogen-bond donors (Lipinski definition) is 2. The predicted molar refractivity (Wildman–Crippen MR) is 125 cm³/mol. The summed E-state index contributed by atoms with van der Waals surface area (Å²) in [6, 6.07) is 9.72. The molecule has 0 atom stereocenters. The Morgan fingerprint density at radius 1 is 1.25 bits per heavy atom. The number of carbonyl (C=O) groups excluding carboxylic acids is 2. The number of ether oxygens (including phenoxy) is 2. The zero-order valence-electron chi connectivity index (χ0n) is 16.9. The molecule has 0 radical (unpaired) electrons. The molecule has 8 nitrogen and oxygen atoms in total. The Morgan fingerprint density at radius 2 is 2.00 bits per heavy atom. The lowest BCUT2D eigenvalue weighted by Gasteiger charge is -2.16. The summed E-state index contributed by atoms with van der Waals surface area (Å²) in [7, 11) is 1.41. The van der Waals surface area contributed by atoms with Crippen LogP contribution in [0.15, 0.2) is 41.3 Å². The van der Waals surface area contributed by atoms with Gasteiger partial charge in [0.1, 0.15) is 0 Å². The number of amides is 2. The third kappa shape index (κ3) is 5.39. The van der Waals surface area contributed by atoms with Gasteiger partial charge < -0.3 is 14.6 Å². The minimum Gasteiger partial charge on any atom is -0.493 e. The molecule has 0 aliphatic carbocycles. The van der Waals surface area contributed by atoms with Crippen LogP contribution in [-0.4, -0.2) is 45.9 Å². The normalized spacial score (nSPS) is 14.6. The second kappa shape index (κ2) is 10.0. The molecule has 0 unspecified atom stereocenters. The molecule has 1 heterocycles. The van der Waals surface area contributed by atoms with E-state index in [1.165, 1.54) is 13.2 Å². The number of carbonyl (C=O) groups is 3. The van der Waals surface area contributed by atoms with Crippen LogP contribution in [0.4, 0.5) is 0 Å². The number of nitrogens with one attached hydrogen (secondary N) is 1. The molecule has 1 aliphatic rings. The number of carboxylic acid groups (broad SMARTS) is 1. The monoisotopic (exact) mass is 492 g/mol. The molecular formula is C21H17ClN2O6S2. The van der Waals surface area contributed by atoms with Crippen LogP contribution in [0.3, 0.4) is 0 Å². The molecule has 166 valence electrons. The molecule has 0 spiro atoms.